The fraction of sp³-hybridized carbons (Fsp3) is 0.364. The monoisotopic (exact) mass is 285 g/mol. The number of hydrogen-bond donors (Lipinski definition) is 2. The second-order valence-corrected chi connectivity index (χ2v) is 5.81. The van der Waals surface area contributed by atoms with Gasteiger partial charge >= 0.3 is 0 Å². The van der Waals surface area contributed by atoms with Crippen LogP contribution in [0.25, 0.3) is 0 Å². The maximum atomic E-state index is 12.1. The summed E-state index contributed by atoms with van der Waals surface area (Å²) >= 11 is 0. The van der Waals surface area contributed by atoms with E-state index in [-0.39, 0.29) is 29.6 Å². The van der Waals surface area contributed by atoms with Gasteiger partial charge in [0.25, 0.3) is 0 Å². The van der Waals surface area contributed by atoms with Gasteiger partial charge in [0.05, 0.1) is 6.54 Å². The Morgan fingerprint density at radius 3 is 2.79 bits per heavy atom. The molecule has 2 aromatic heterocycles. The zero-order chi connectivity index (χ0) is 14.0. The third kappa shape index (κ3) is 2.86. The van der Waals surface area contributed by atoms with E-state index in [9.17, 15) is 8.42 Å². The molecule has 2 aromatic rings. The first-order valence-electron chi connectivity index (χ1n) is 5.60. The van der Waals surface area contributed by atoms with Crippen molar-refractivity contribution in [3.63, 3.8) is 0 Å². The van der Waals surface area contributed by atoms with Crippen LogP contribution in [0, 0.1) is 6.92 Å². The molecule has 0 fully saturated rings. The topological polar surface area (TPSA) is 97.4 Å². The Morgan fingerprint density at radius 1 is 1.53 bits per heavy atom. The summed E-state index contributed by atoms with van der Waals surface area (Å²) in [7, 11) is -1.90. The van der Waals surface area contributed by atoms with Gasteiger partial charge in [-0.25, -0.2) is 18.1 Å². The van der Waals surface area contributed by atoms with Gasteiger partial charge in [-0.3, -0.25) is 0 Å². The summed E-state index contributed by atoms with van der Waals surface area (Å²) in [5, 5.41) is 8.94. The molecule has 0 bridgehead atoms. The highest BCUT2D eigenvalue weighted by Gasteiger charge is 2.21. The molecule has 0 saturated heterocycles. The summed E-state index contributed by atoms with van der Waals surface area (Å²) in [4.78, 5) is 4.06. The SMILES string of the molecule is Cc1oc(CO)cc1S(=O)(=O)NCc1nccn1C. The van der Waals surface area contributed by atoms with Crippen LogP contribution in [0.4, 0.5) is 0 Å². The smallest absolute Gasteiger partial charge is 0.244 e. The molecule has 8 heteroatoms. The van der Waals surface area contributed by atoms with E-state index < -0.39 is 10.0 Å². The highest BCUT2D eigenvalue weighted by molar-refractivity contribution is 7.89. The summed E-state index contributed by atoms with van der Waals surface area (Å²) in [6.07, 6.45) is 3.33. The van der Waals surface area contributed by atoms with Crippen LogP contribution in [0.5, 0.6) is 0 Å². The van der Waals surface area contributed by atoms with E-state index >= 15 is 0 Å². The Kier molecular flexibility index (Phi) is 3.74. The molecule has 0 atom stereocenters. The van der Waals surface area contributed by atoms with Gasteiger partial charge in [-0.1, -0.05) is 0 Å². The highest BCUT2D eigenvalue weighted by atomic mass is 32.2. The molecule has 19 heavy (non-hydrogen) atoms. The molecule has 0 aromatic carbocycles. The second kappa shape index (κ2) is 5.16. The number of imidazole rings is 1. The largest absolute Gasteiger partial charge is 0.462 e. The van der Waals surface area contributed by atoms with E-state index in [1.54, 1.807) is 24.0 Å². The van der Waals surface area contributed by atoms with Gasteiger partial charge in [-0.05, 0) is 6.92 Å². The molecule has 0 aliphatic heterocycles. The third-order valence-corrected chi connectivity index (χ3v) is 4.22. The molecule has 7 nitrogen and oxygen atoms in total. The molecule has 2 rings (SSSR count). The highest BCUT2D eigenvalue weighted by Crippen LogP contribution is 2.20. The molecule has 2 N–H and O–H groups in total. The van der Waals surface area contributed by atoms with Crippen LogP contribution in [0.15, 0.2) is 27.8 Å². The van der Waals surface area contributed by atoms with Crippen LogP contribution in [0.2, 0.25) is 0 Å². The number of nitrogens with zero attached hydrogens (tertiary/aromatic N) is 2. The van der Waals surface area contributed by atoms with Gasteiger partial charge in [0, 0.05) is 25.5 Å². The van der Waals surface area contributed by atoms with E-state index in [1.165, 1.54) is 13.0 Å². The lowest BCUT2D eigenvalue weighted by atomic mass is 10.4. The van der Waals surface area contributed by atoms with Gasteiger partial charge in [0.2, 0.25) is 10.0 Å². The van der Waals surface area contributed by atoms with Crippen molar-refractivity contribution in [3.05, 3.63) is 35.8 Å². The minimum absolute atomic E-state index is 0.0331. The predicted molar refractivity (Wildman–Crippen MR) is 66.6 cm³/mol. The van der Waals surface area contributed by atoms with Crippen molar-refractivity contribution in [1.82, 2.24) is 14.3 Å². The number of sulfonamides is 1. The first-order chi connectivity index (χ1) is 8.94. The summed E-state index contributed by atoms with van der Waals surface area (Å²) in [6, 6.07) is 1.32. The summed E-state index contributed by atoms with van der Waals surface area (Å²) in [5.41, 5.74) is 0. The number of furan rings is 1. The zero-order valence-electron chi connectivity index (χ0n) is 10.6. The molecule has 0 radical (unpaired) electrons. The van der Waals surface area contributed by atoms with Crippen LogP contribution in [-0.2, 0) is 30.2 Å². The molecule has 0 amide bonds. The number of nitrogens with one attached hydrogen (secondary N) is 1. The molecular formula is C11H15N3O4S. The van der Waals surface area contributed by atoms with Crippen LogP contribution in [0.3, 0.4) is 0 Å². The standard InChI is InChI=1S/C11H15N3O4S/c1-8-10(5-9(7-15)18-8)19(16,17)13-6-11-12-3-4-14(11)2/h3-5,13,15H,6-7H2,1-2H3. The van der Waals surface area contributed by atoms with Gasteiger partial charge in [-0.15, -0.1) is 0 Å². The third-order valence-electron chi connectivity index (χ3n) is 2.71. The molecule has 2 heterocycles. The van der Waals surface area contributed by atoms with Crippen LogP contribution in [0.1, 0.15) is 17.3 Å². The number of aromatic nitrogens is 2. The number of aliphatic hydroxyl groups excluding tert-OH is 1. The number of hydrogen-bond acceptors (Lipinski definition) is 5. The van der Waals surface area contributed by atoms with Crippen molar-refractivity contribution in [3.8, 4) is 0 Å². The molecule has 104 valence electrons. The van der Waals surface area contributed by atoms with Crippen LogP contribution >= 0.6 is 0 Å². The Morgan fingerprint density at radius 2 is 2.26 bits per heavy atom. The average Bonchev–Trinajstić information content (AvgIpc) is 2.93. The average molecular weight is 285 g/mol. The van der Waals surface area contributed by atoms with Crippen molar-refractivity contribution in [2.24, 2.45) is 7.05 Å². The Labute approximate surface area is 110 Å². The molecule has 0 saturated carbocycles. The number of aryl methyl sites for hydroxylation is 2. The van der Waals surface area contributed by atoms with Crippen LogP contribution < -0.4 is 4.72 Å². The fourth-order valence-electron chi connectivity index (χ4n) is 1.67. The quantitative estimate of drug-likeness (QED) is 0.823. The van der Waals surface area contributed by atoms with Gasteiger partial charge < -0.3 is 14.1 Å². The van der Waals surface area contributed by atoms with Crippen molar-refractivity contribution < 1.29 is 17.9 Å². The van der Waals surface area contributed by atoms with E-state index in [4.69, 9.17) is 9.52 Å². The van der Waals surface area contributed by atoms with Crippen molar-refractivity contribution in [2.45, 2.75) is 25.0 Å². The summed E-state index contributed by atoms with van der Waals surface area (Å²) in [5.74, 6) is 1.07. The van der Waals surface area contributed by atoms with E-state index in [0.29, 0.717) is 5.82 Å². The minimum Gasteiger partial charge on any atom is -0.462 e. The number of rotatable bonds is 5. The Balaban J connectivity index is 2.18. The lowest BCUT2D eigenvalue weighted by Gasteiger charge is -2.05. The van der Waals surface area contributed by atoms with E-state index in [2.05, 4.69) is 9.71 Å². The van der Waals surface area contributed by atoms with Crippen molar-refractivity contribution >= 4 is 10.0 Å². The lowest BCUT2D eigenvalue weighted by molar-refractivity contribution is 0.244. The summed E-state index contributed by atoms with van der Waals surface area (Å²) < 4.78 is 33.5. The predicted octanol–water partition coefficient (Wildman–Crippen LogP) is 0.292. The molecular weight excluding hydrogens is 270 g/mol. The zero-order valence-corrected chi connectivity index (χ0v) is 11.4. The van der Waals surface area contributed by atoms with Crippen molar-refractivity contribution in [2.75, 3.05) is 0 Å². The lowest BCUT2D eigenvalue weighted by Crippen LogP contribution is -2.24. The summed E-state index contributed by atoms with van der Waals surface area (Å²) in [6.45, 7) is 1.29. The Bertz CT molecular complexity index is 672. The number of aliphatic hydroxyl groups is 1. The van der Waals surface area contributed by atoms with Gasteiger partial charge in [0.1, 0.15) is 28.8 Å². The maximum Gasteiger partial charge on any atom is 0.244 e. The van der Waals surface area contributed by atoms with Gasteiger partial charge in [-0.2, -0.15) is 0 Å². The first kappa shape index (κ1) is 13.8. The second-order valence-electron chi connectivity index (χ2n) is 4.07. The van der Waals surface area contributed by atoms with E-state index in [0.717, 1.165) is 0 Å². The Hall–Kier alpha value is -1.64. The normalized spacial score (nSPS) is 11.9. The van der Waals surface area contributed by atoms with E-state index in [1.807, 2.05) is 0 Å². The maximum absolute atomic E-state index is 12.1. The fourth-order valence-corrected chi connectivity index (χ4v) is 2.85. The van der Waals surface area contributed by atoms with Gasteiger partial charge in [0.15, 0.2) is 0 Å². The van der Waals surface area contributed by atoms with Crippen LogP contribution in [-0.4, -0.2) is 23.1 Å². The molecule has 0 aliphatic rings. The first-order valence-corrected chi connectivity index (χ1v) is 7.08. The molecule has 0 aliphatic carbocycles. The minimum atomic E-state index is -3.68. The molecule has 0 unspecified atom stereocenters. The molecule has 0 spiro atoms. The van der Waals surface area contributed by atoms with Crippen molar-refractivity contribution in [1.29, 1.82) is 0 Å².